The predicted octanol–water partition coefficient (Wildman–Crippen LogP) is 4.21. The minimum absolute atomic E-state index is 0.0500. The predicted molar refractivity (Wildman–Crippen MR) is 157 cm³/mol. The highest BCUT2D eigenvalue weighted by molar-refractivity contribution is 6.30. The van der Waals surface area contributed by atoms with Gasteiger partial charge in [0.15, 0.2) is 5.75 Å². The highest BCUT2D eigenvalue weighted by atomic mass is 35.5. The number of benzene rings is 1. The van der Waals surface area contributed by atoms with Crippen molar-refractivity contribution in [2.45, 2.75) is 72.2 Å². The monoisotopic (exact) mass is 606 g/mol. The summed E-state index contributed by atoms with van der Waals surface area (Å²) in [6.45, 7) is 8.11. The number of nitrogens with zero attached hydrogens (tertiary/aromatic N) is 4. The standard InChI is InChI=1S/C28H34ClFN4O6.C2H6/c1-5-6-7-21-33(13-16(2)40-22(35)15-31(3)4)27(38)24-18-10-11-32(14-17-8-9-20(30)19(29)12-17)26(37)23(18)25(36)28(39)34(21)24;1-2/h8-9,12,16,21,36H,5-7,10-11,13-15H2,1-4H3;1-2H3/t16?,21-;/m1./s1. The minimum Gasteiger partial charge on any atom is -0.502 e. The number of likely N-dealkylation sites (N-methyl/N-ethyl adjacent to an activating group) is 1. The van der Waals surface area contributed by atoms with Crippen LogP contribution in [0, 0.1) is 5.82 Å². The molecule has 2 amide bonds. The van der Waals surface area contributed by atoms with Gasteiger partial charge in [0.1, 0.15) is 23.8 Å². The van der Waals surface area contributed by atoms with Crippen molar-refractivity contribution >= 4 is 29.4 Å². The van der Waals surface area contributed by atoms with E-state index in [9.17, 15) is 28.7 Å². The van der Waals surface area contributed by atoms with E-state index in [-0.39, 0.29) is 48.9 Å². The van der Waals surface area contributed by atoms with Crippen LogP contribution >= 0.6 is 11.6 Å². The molecule has 2 aromatic rings. The number of aromatic nitrogens is 1. The molecule has 2 aliphatic rings. The fraction of sp³-hybridized carbons (Fsp3) is 0.533. The van der Waals surface area contributed by atoms with Crippen LogP contribution in [0.2, 0.25) is 5.02 Å². The van der Waals surface area contributed by atoms with Gasteiger partial charge in [-0.1, -0.05) is 44.9 Å². The zero-order chi connectivity index (χ0) is 31.3. The summed E-state index contributed by atoms with van der Waals surface area (Å²) in [4.78, 5) is 57.6. The number of rotatable bonds is 10. The van der Waals surface area contributed by atoms with Crippen LogP contribution in [0.3, 0.4) is 0 Å². The molecule has 4 rings (SSSR count). The summed E-state index contributed by atoms with van der Waals surface area (Å²) >= 11 is 5.89. The third kappa shape index (κ3) is 6.78. The lowest BCUT2D eigenvalue weighted by Crippen LogP contribution is -2.40. The fourth-order valence-electron chi connectivity index (χ4n) is 5.36. The number of unbranched alkanes of at least 4 members (excludes halogenated alkanes) is 1. The number of carbonyl (C=O) groups excluding carboxylic acids is 3. The van der Waals surface area contributed by atoms with Gasteiger partial charge in [-0.2, -0.15) is 0 Å². The smallest absolute Gasteiger partial charge is 0.320 e. The van der Waals surface area contributed by atoms with E-state index in [1.165, 1.54) is 32.6 Å². The largest absolute Gasteiger partial charge is 0.502 e. The third-order valence-electron chi connectivity index (χ3n) is 7.15. The highest BCUT2D eigenvalue weighted by Crippen LogP contribution is 2.37. The Balaban J connectivity index is 0.00000237. The molecule has 0 aliphatic carbocycles. The van der Waals surface area contributed by atoms with Crippen molar-refractivity contribution in [3.05, 3.63) is 61.8 Å². The molecule has 0 saturated carbocycles. The van der Waals surface area contributed by atoms with Gasteiger partial charge < -0.3 is 19.6 Å². The topological polar surface area (TPSA) is 112 Å². The van der Waals surface area contributed by atoms with Crippen LogP contribution in [-0.2, 0) is 22.5 Å². The Morgan fingerprint density at radius 3 is 2.52 bits per heavy atom. The van der Waals surface area contributed by atoms with Crippen LogP contribution in [0.25, 0.3) is 0 Å². The Hall–Kier alpha value is -3.44. The van der Waals surface area contributed by atoms with Crippen molar-refractivity contribution in [1.29, 1.82) is 0 Å². The van der Waals surface area contributed by atoms with Gasteiger partial charge in [-0.25, -0.2) is 4.39 Å². The Bertz CT molecular complexity index is 1390. The van der Waals surface area contributed by atoms with Gasteiger partial charge in [0.05, 0.1) is 23.7 Å². The van der Waals surface area contributed by atoms with Gasteiger partial charge in [-0.05, 0) is 58.0 Å². The quantitative estimate of drug-likeness (QED) is 0.403. The molecule has 0 radical (unpaired) electrons. The molecular weight excluding hydrogens is 567 g/mol. The number of ether oxygens (including phenoxy) is 1. The number of pyridine rings is 1. The Morgan fingerprint density at radius 2 is 1.90 bits per heavy atom. The third-order valence-corrected chi connectivity index (χ3v) is 7.44. The maximum Gasteiger partial charge on any atom is 0.320 e. The molecule has 0 saturated heterocycles. The molecule has 0 spiro atoms. The first-order chi connectivity index (χ1) is 19.9. The van der Waals surface area contributed by atoms with E-state index in [1.807, 2.05) is 20.8 Å². The summed E-state index contributed by atoms with van der Waals surface area (Å²) < 4.78 is 20.4. The van der Waals surface area contributed by atoms with Crippen molar-refractivity contribution in [3.63, 3.8) is 0 Å². The number of carbonyl (C=O) groups is 3. The average Bonchev–Trinajstić information content (AvgIpc) is 3.20. The van der Waals surface area contributed by atoms with Crippen molar-refractivity contribution < 1.29 is 28.6 Å². The maximum absolute atomic E-state index is 13.8. The van der Waals surface area contributed by atoms with Crippen LogP contribution in [0.5, 0.6) is 5.75 Å². The van der Waals surface area contributed by atoms with E-state index in [0.717, 1.165) is 6.42 Å². The summed E-state index contributed by atoms with van der Waals surface area (Å²) in [7, 11) is 3.49. The molecule has 1 unspecified atom stereocenters. The van der Waals surface area contributed by atoms with Crippen molar-refractivity contribution in [2.75, 3.05) is 33.7 Å². The van der Waals surface area contributed by atoms with Crippen molar-refractivity contribution in [2.24, 2.45) is 0 Å². The number of amides is 2. The fourth-order valence-corrected chi connectivity index (χ4v) is 5.56. The Morgan fingerprint density at radius 1 is 1.21 bits per heavy atom. The van der Waals surface area contributed by atoms with E-state index in [2.05, 4.69) is 0 Å². The lowest BCUT2D eigenvalue weighted by Gasteiger charge is -2.30. The number of aromatic hydroxyl groups is 1. The lowest BCUT2D eigenvalue weighted by molar-refractivity contribution is -0.149. The lowest BCUT2D eigenvalue weighted by atomic mass is 9.95. The first-order valence-corrected chi connectivity index (χ1v) is 14.7. The van der Waals surface area contributed by atoms with Gasteiger partial charge in [0, 0.05) is 18.7 Å². The van der Waals surface area contributed by atoms with E-state index in [0.29, 0.717) is 24.0 Å². The molecule has 230 valence electrons. The van der Waals surface area contributed by atoms with Crippen LogP contribution < -0.4 is 5.56 Å². The Kier molecular flexibility index (Phi) is 11.1. The number of hydrogen-bond acceptors (Lipinski definition) is 7. The molecule has 0 fully saturated rings. The van der Waals surface area contributed by atoms with E-state index < -0.39 is 47.2 Å². The molecule has 2 aliphatic heterocycles. The van der Waals surface area contributed by atoms with Gasteiger partial charge in [0.2, 0.25) is 0 Å². The summed E-state index contributed by atoms with van der Waals surface area (Å²) in [5, 5.41) is 10.9. The second kappa shape index (κ2) is 14.2. The van der Waals surface area contributed by atoms with E-state index in [4.69, 9.17) is 16.3 Å². The summed E-state index contributed by atoms with van der Waals surface area (Å²) in [5.41, 5.74) is -0.0147. The number of fused-ring (bicyclic) bond motifs is 3. The molecule has 1 aromatic carbocycles. The normalized spacial score (nSPS) is 16.6. The van der Waals surface area contributed by atoms with Crippen LogP contribution in [0.1, 0.15) is 85.1 Å². The van der Waals surface area contributed by atoms with Crippen molar-refractivity contribution in [3.8, 4) is 5.75 Å². The van der Waals surface area contributed by atoms with Gasteiger partial charge in [0.25, 0.3) is 17.4 Å². The molecule has 1 N–H and O–H groups in total. The molecule has 10 nitrogen and oxygen atoms in total. The zero-order valence-electron chi connectivity index (χ0n) is 25.1. The first-order valence-electron chi connectivity index (χ1n) is 14.3. The number of hydrogen-bond donors (Lipinski definition) is 1. The van der Waals surface area contributed by atoms with Gasteiger partial charge in [-0.3, -0.25) is 28.6 Å². The first kappa shape index (κ1) is 33.1. The van der Waals surface area contributed by atoms with Crippen molar-refractivity contribution in [1.82, 2.24) is 19.3 Å². The average molecular weight is 607 g/mol. The number of esters is 1. The second-order valence-electron chi connectivity index (χ2n) is 10.6. The van der Waals surface area contributed by atoms with E-state index in [1.54, 1.807) is 25.9 Å². The Labute approximate surface area is 250 Å². The molecule has 2 atom stereocenters. The minimum atomic E-state index is -0.817. The highest BCUT2D eigenvalue weighted by Gasteiger charge is 2.44. The second-order valence-corrected chi connectivity index (χ2v) is 11.0. The van der Waals surface area contributed by atoms with Crippen LogP contribution in [0.4, 0.5) is 4.39 Å². The molecule has 0 bridgehead atoms. The SMILES string of the molecule is CC.CCCC[C@@H]1N(CC(C)OC(=O)CN(C)C)C(=O)c2c3c(c(O)c(=O)n21)C(=O)N(Cc1ccc(F)c(Cl)c1)CC3. The summed E-state index contributed by atoms with van der Waals surface area (Å²) in [5.74, 6) is -2.76. The zero-order valence-corrected chi connectivity index (χ0v) is 25.8. The van der Waals surface area contributed by atoms with Crippen LogP contribution in [-0.4, -0.2) is 82.0 Å². The van der Waals surface area contributed by atoms with Gasteiger partial charge >= 0.3 is 5.97 Å². The van der Waals surface area contributed by atoms with Gasteiger partial charge in [-0.15, -0.1) is 0 Å². The molecule has 12 heteroatoms. The molecule has 42 heavy (non-hydrogen) atoms. The molecular formula is C30H40ClFN4O6. The van der Waals surface area contributed by atoms with Crippen LogP contribution in [0.15, 0.2) is 23.0 Å². The summed E-state index contributed by atoms with van der Waals surface area (Å²) in [6, 6.07) is 4.14. The molecule has 1 aromatic heterocycles. The maximum atomic E-state index is 13.8. The van der Waals surface area contributed by atoms with E-state index >= 15 is 0 Å². The number of halogens is 2. The summed E-state index contributed by atoms with van der Waals surface area (Å²) in [6.07, 6.45) is 0.877. The molecule has 3 heterocycles.